The summed E-state index contributed by atoms with van der Waals surface area (Å²) in [6.45, 7) is 6.55. The normalized spacial score (nSPS) is 16.0. The summed E-state index contributed by atoms with van der Waals surface area (Å²) in [7, 11) is 0. The second kappa shape index (κ2) is 9.67. The second-order valence-electron chi connectivity index (χ2n) is 7.24. The molecule has 3 aromatic rings. The summed E-state index contributed by atoms with van der Waals surface area (Å²) in [4.78, 5) is 32.3. The van der Waals surface area contributed by atoms with Crippen LogP contribution in [0.3, 0.4) is 0 Å². The summed E-state index contributed by atoms with van der Waals surface area (Å²) in [6.07, 6.45) is 2.80. The van der Waals surface area contributed by atoms with Gasteiger partial charge in [0.25, 0.3) is 5.56 Å². The number of nitrogens with zero attached hydrogens (tertiary/aromatic N) is 2. The van der Waals surface area contributed by atoms with Crippen LogP contribution in [-0.4, -0.2) is 23.8 Å². The van der Waals surface area contributed by atoms with Crippen molar-refractivity contribution >= 4 is 34.7 Å². The second-order valence-corrected chi connectivity index (χ2v) is 9.22. The van der Waals surface area contributed by atoms with Crippen LogP contribution in [0.15, 0.2) is 62.8 Å². The van der Waals surface area contributed by atoms with E-state index in [0.29, 0.717) is 27.2 Å². The van der Waals surface area contributed by atoms with Crippen LogP contribution in [0.2, 0.25) is 0 Å². The molecular weight excluding hydrogens is 444 g/mol. The average molecular weight is 469 g/mol. The molecule has 166 valence electrons. The van der Waals surface area contributed by atoms with E-state index in [2.05, 4.69) is 11.9 Å². The van der Waals surface area contributed by atoms with Crippen LogP contribution >= 0.6 is 22.7 Å². The van der Waals surface area contributed by atoms with Crippen LogP contribution in [0, 0.1) is 0 Å². The first kappa shape index (κ1) is 22.2. The van der Waals surface area contributed by atoms with Crippen molar-refractivity contribution in [3.8, 4) is 5.75 Å². The Morgan fingerprint density at radius 1 is 1.22 bits per heavy atom. The number of benzene rings is 1. The topological polar surface area (TPSA) is 69.9 Å². The Bertz CT molecular complexity index is 1320. The molecule has 0 bridgehead atoms. The summed E-state index contributed by atoms with van der Waals surface area (Å²) in [5, 5.41) is 1.94. The molecule has 0 fully saturated rings. The van der Waals surface area contributed by atoms with Gasteiger partial charge in [0.2, 0.25) is 0 Å². The van der Waals surface area contributed by atoms with Crippen molar-refractivity contribution < 1.29 is 14.3 Å². The Kier molecular flexibility index (Phi) is 6.72. The molecule has 1 unspecified atom stereocenters. The lowest BCUT2D eigenvalue weighted by molar-refractivity contribution is -0.139. The minimum Gasteiger partial charge on any atom is -0.494 e. The van der Waals surface area contributed by atoms with Crippen LogP contribution in [-0.2, 0) is 9.53 Å². The zero-order chi connectivity index (χ0) is 22.7. The number of allylic oxidation sites excluding steroid dienone is 1. The number of thiophene rings is 1. The number of rotatable bonds is 7. The van der Waals surface area contributed by atoms with E-state index in [0.717, 1.165) is 22.6 Å². The van der Waals surface area contributed by atoms with Crippen LogP contribution < -0.4 is 19.6 Å². The number of hydrogen-bond acceptors (Lipinski definition) is 7. The maximum absolute atomic E-state index is 13.5. The quantitative estimate of drug-likeness (QED) is 0.497. The molecule has 1 aromatic carbocycles. The van der Waals surface area contributed by atoms with E-state index in [-0.39, 0.29) is 12.2 Å². The number of fused-ring (bicyclic) bond motifs is 1. The number of carbonyl (C=O) groups excluding carboxylic acids is 1. The van der Waals surface area contributed by atoms with Gasteiger partial charge in [-0.3, -0.25) is 9.36 Å². The van der Waals surface area contributed by atoms with E-state index in [4.69, 9.17) is 9.47 Å². The van der Waals surface area contributed by atoms with Crippen LogP contribution in [0.4, 0.5) is 0 Å². The minimum absolute atomic E-state index is 0.173. The number of thiazole rings is 1. The minimum atomic E-state index is -0.544. The molecule has 0 saturated carbocycles. The lowest BCUT2D eigenvalue weighted by Crippen LogP contribution is -2.39. The van der Waals surface area contributed by atoms with Crippen LogP contribution in [0.25, 0.3) is 6.08 Å². The Morgan fingerprint density at radius 3 is 2.66 bits per heavy atom. The maximum atomic E-state index is 13.5. The number of carbonyl (C=O) groups is 1. The van der Waals surface area contributed by atoms with E-state index in [9.17, 15) is 9.59 Å². The molecule has 6 nitrogen and oxygen atoms in total. The first-order valence-electron chi connectivity index (χ1n) is 10.5. The first-order chi connectivity index (χ1) is 15.5. The van der Waals surface area contributed by atoms with Crippen molar-refractivity contribution in [2.45, 2.75) is 33.2 Å². The van der Waals surface area contributed by atoms with Gasteiger partial charge in [-0.2, -0.15) is 0 Å². The number of aromatic nitrogens is 1. The Morgan fingerprint density at radius 2 is 2.00 bits per heavy atom. The van der Waals surface area contributed by atoms with E-state index < -0.39 is 12.0 Å². The van der Waals surface area contributed by atoms with Gasteiger partial charge in [-0.05, 0) is 55.5 Å². The molecule has 8 heteroatoms. The third-order valence-electron chi connectivity index (χ3n) is 4.98. The third-order valence-corrected chi connectivity index (χ3v) is 6.89. The molecule has 0 amide bonds. The highest BCUT2D eigenvalue weighted by atomic mass is 32.1. The van der Waals surface area contributed by atoms with Crippen molar-refractivity contribution in [3.05, 3.63) is 83.2 Å². The van der Waals surface area contributed by atoms with Crippen LogP contribution in [0.5, 0.6) is 5.75 Å². The van der Waals surface area contributed by atoms with E-state index in [1.54, 1.807) is 18.4 Å². The van der Waals surface area contributed by atoms with E-state index in [1.807, 2.05) is 47.9 Å². The van der Waals surface area contributed by atoms with Gasteiger partial charge < -0.3 is 9.47 Å². The highest BCUT2D eigenvalue weighted by molar-refractivity contribution is 7.10. The molecule has 1 aliphatic heterocycles. The Balaban J connectivity index is 1.81. The van der Waals surface area contributed by atoms with E-state index in [1.165, 1.54) is 22.7 Å². The standard InChI is InChI=1S/C24H24N2O4S2/c1-4-12-30-17-10-8-16(9-11-17)14-19-22(27)26-21(18-7-6-13-31-18)20(23(28)29-5-2)15(3)25-24(26)32-19/h6-11,13-14,21H,4-5,12H2,1-3H3/b19-14-. The fraction of sp³-hybridized carbons (Fsp3) is 0.292. The molecule has 0 radical (unpaired) electrons. The average Bonchev–Trinajstić information content (AvgIpc) is 3.41. The van der Waals surface area contributed by atoms with Gasteiger partial charge >= 0.3 is 5.97 Å². The summed E-state index contributed by atoms with van der Waals surface area (Å²) in [5.41, 5.74) is 1.71. The van der Waals surface area contributed by atoms with Gasteiger partial charge in [0.05, 0.1) is 29.0 Å². The molecule has 1 aliphatic rings. The molecule has 1 atom stereocenters. The molecule has 4 rings (SSSR count). The zero-order valence-electron chi connectivity index (χ0n) is 18.2. The van der Waals surface area contributed by atoms with Crippen molar-refractivity contribution in [1.29, 1.82) is 0 Å². The monoisotopic (exact) mass is 468 g/mol. The number of hydrogen-bond donors (Lipinski definition) is 0. The highest BCUT2D eigenvalue weighted by Crippen LogP contribution is 2.33. The predicted molar refractivity (Wildman–Crippen MR) is 127 cm³/mol. The molecule has 0 saturated heterocycles. The first-order valence-corrected chi connectivity index (χ1v) is 12.2. The number of esters is 1. The van der Waals surface area contributed by atoms with E-state index >= 15 is 0 Å². The molecular formula is C24H24N2O4S2. The largest absolute Gasteiger partial charge is 0.494 e. The van der Waals surface area contributed by atoms with Gasteiger partial charge in [-0.25, -0.2) is 9.79 Å². The molecule has 0 spiro atoms. The van der Waals surface area contributed by atoms with Gasteiger partial charge in [-0.1, -0.05) is 36.5 Å². The fourth-order valence-electron chi connectivity index (χ4n) is 3.54. The van der Waals surface area contributed by atoms with Crippen molar-refractivity contribution in [1.82, 2.24) is 4.57 Å². The fourth-order valence-corrected chi connectivity index (χ4v) is 5.41. The third kappa shape index (κ3) is 4.33. The molecule has 32 heavy (non-hydrogen) atoms. The summed E-state index contributed by atoms with van der Waals surface area (Å²) < 4.78 is 13.1. The van der Waals surface area contributed by atoms with Crippen molar-refractivity contribution in [2.75, 3.05) is 13.2 Å². The van der Waals surface area contributed by atoms with Gasteiger partial charge in [0, 0.05) is 4.88 Å². The molecule has 0 N–H and O–H groups in total. The smallest absolute Gasteiger partial charge is 0.338 e. The lowest BCUT2D eigenvalue weighted by Gasteiger charge is -2.23. The zero-order valence-corrected chi connectivity index (χ0v) is 19.8. The molecule has 2 aromatic heterocycles. The van der Waals surface area contributed by atoms with Gasteiger partial charge in [0.1, 0.15) is 11.8 Å². The van der Waals surface area contributed by atoms with Gasteiger partial charge in [0.15, 0.2) is 4.80 Å². The Labute approximate surface area is 193 Å². The highest BCUT2D eigenvalue weighted by Gasteiger charge is 2.33. The SMILES string of the molecule is CCCOc1ccc(/C=c2\sc3n(c2=O)C(c2cccs2)C(C(=O)OCC)=C(C)N=3)cc1. The predicted octanol–water partition coefficient (Wildman–Crippen LogP) is 3.65. The summed E-state index contributed by atoms with van der Waals surface area (Å²) in [5.74, 6) is 0.363. The Hall–Kier alpha value is -2.97. The summed E-state index contributed by atoms with van der Waals surface area (Å²) in [6, 6.07) is 10.9. The van der Waals surface area contributed by atoms with Gasteiger partial charge in [-0.15, -0.1) is 11.3 Å². The summed E-state index contributed by atoms with van der Waals surface area (Å²) >= 11 is 2.82. The van der Waals surface area contributed by atoms with Crippen molar-refractivity contribution in [2.24, 2.45) is 4.99 Å². The van der Waals surface area contributed by atoms with Crippen molar-refractivity contribution in [3.63, 3.8) is 0 Å². The number of ether oxygens (including phenoxy) is 2. The lowest BCUT2D eigenvalue weighted by atomic mass is 10.0. The molecule has 3 heterocycles. The molecule has 0 aliphatic carbocycles. The maximum Gasteiger partial charge on any atom is 0.338 e. The van der Waals surface area contributed by atoms with Crippen LogP contribution in [0.1, 0.15) is 43.7 Å².